The summed E-state index contributed by atoms with van der Waals surface area (Å²) in [5.41, 5.74) is 6.60. The minimum atomic E-state index is 0.130. The van der Waals surface area contributed by atoms with Crippen molar-refractivity contribution in [1.82, 2.24) is 9.55 Å². The van der Waals surface area contributed by atoms with Crippen LogP contribution in [-0.4, -0.2) is 20.8 Å². The molecule has 0 spiro atoms. The first kappa shape index (κ1) is 25.2. The highest BCUT2D eigenvalue weighted by Gasteiger charge is 2.16. The molecule has 182 valence electrons. The molecule has 5 rings (SSSR count). The Hall–Kier alpha value is -3.94. The first-order valence-corrected chi connectivity index (χ1v) is 11.9. The SMILES string of the molecule is CC(C)N=c1cc2n(-c3ccc(Cl)cc3)c3ccccc3nc-2cc1Nc1ccc(Cl)cc1.O=NO. The first-order valence-electron chi connectivity index (χ1n) is 11.1. The standard InChI is InChI=1S/C27H22Cl2N4.HNO2/c1-17(2)30-24-16-27-25(15-23(24)31-20-11-7-18(28)8-12-20)32-22-5-3-4-6-26(22)33(27)21-13-9-19(29)10-14-21;2-1-3/h3-17,31H,1-2H3;(H,2,3). The van der Waals surface area contributed by atoms with Crippen molar-refractivity contribution in [3.63, 3.8) is 0 Å². The number of nitrogens with one attached hydrogen (secondary N) is 1. The predicted molar refractivity (Wildman–Crippen MR) is 146 cm³/mol. The number of hydrogen-bond donors (Lipinski definition) is 2. The summed E-state index contributed by atoms with van der Waals surface area (Å²) in [5.74, 6) is 0. The van der Waals surface area contributed by atoms with Crippen LogP contribution in [0, 0.1) is 4.91 Å². The summed E-state index contributed by atoms with van der Waals surface area (Å²) in [6.07, 6.45) is 0. The number of fused-ring (bicyclic) bond motifs is 2. The van der Waals surface area contributed by atoms with E-state index in [1.54, 1.807) is 0 Å². The normalized spacial score (nSPS) is 11.4. The van der Waals surface area contributed by atoms with Gasteiger partial charge in [-0.2, -0.15) is 0 Å². The van der Waals surface area contributed by atoms with E-state index in [2.05, 4.69) is 41.9 Å². The number of benzene rings is 4. The number of aromatic nitrogens is 2. The average molecular weight is 520 g/mol. The molecule has 0 radical (unpaired) electrons. The van der Waals surface area contributed by atoms with Crippen LogP contribution in [0.3, 0.4) is 0 Å². The first-order chi connectivity index (χ1) is 17.4. The van der Waals surface area contributed by atoms with Crippen LogP contribution in [0.2, 0.25) is 10.0 Å². The fourth-order valence-corrected chi connectivity index (χ4v) is 4.14. The van der Waals surface area contributed by atoms with Crippen molar-refractivity contribution in [1.29, 1.82) is 0 Å². The zero-order chi connectivity index (χ0) is 25.7. The maximum absolute atomic E-state index is 8.11. The fraction of sp³-hybridized carbons (Fsp3) is 0.111. The van der Waals surface area contributed by atoms with Gasteiger partial charge < -0.3 is 15.1 Å². The van der Waals surface area contributed by atoms with Crippen LogP contribution in [0.15, 0.2) is 95.3 Å². The van der Waals surface area contributed by atoms with Crippen LogP contribution in [0.1, 0.15) is 13.8 Å². The number of nitrogens with zero attached hydrogens (tertiary/aromatic N) is 4. The van der Waals surface area contributed by atoms with Crippen molar-refractivity contribution in [3.8, 4) is 17.1 Å². The van der Waals surface area contributed by atoms with E-state index in [1.165, 1.54) is 5.34 Å². The minimum absolute atomic E-state index is 0.130. The highest BCUT2D eigenvalue weighted by atomic mass is 35.5. The van der Waals surface area contributed by atoms with Gasteiger partial charge in [0.25, 0.3) is 0 Å². The molecule has 3 aromatic carbocycles. The summed E-state index contributed by atoms with van der Waals surface area (Å²) in [4.78, 5) is 18.0. The van der Waals surface area contributed by atoms with E-state index in [4.69, 9.17) is 43.3 Å². The molecular formula is C27H23Cl2N5O2. The molecule has 1 aliphatic carbocycles. The Morgan fingerprint density at radius 1 is 0.917 bits per heavy atom. The summed E-state index contributed by atoms with van der Waals surface area (Å²) in [7, 11) is 0. The highest BCUT2D eigenvalue weighted by molar-refractivity contribution is 6.30. The molecule has 36 heavy (non-hydrogen) atoms. The zero-order valence-electron chi connectivity index (χ0n) is 19.6. The summed E-state index contributed by atoms with van der Waals surface area (Å²) >= 11 is 12.2. The lowest BCUT2D eigenvalue weighted by atomic mass is 10.1. The predicted octanol–water partition coefficient (Wildman–Crippen LogP) is 7.63. The Kier molecular flexibility index (Phi) is 7.83. The Balaban J connectivity index is 0.000000967. The highest BCUT2D eigenvalue weighted by Crippen LogP contribution is 2.31. The number of rotatable bonds is 4. The van der Waals surface area contributed by atoms with Gasteiger partial charge in [-0.3, -0.25) is 4.99 Å². The molecule has 1 heterocycles. The summed E-state index contributed by atoms with van der Waals surface area (Å²) in [6.45, 7) is 4.14. The van der Waals surface area contributed by atoms with Crippen LogP contribution in [0.25, 0.3) is 28.1 Å². The monoisotopic (exact) mass is 519 g/mol. The number of anilines is 2. The van der Waals surface area contributed by atoms with Crippen LogP contribution < -0.4 is 10.7 Å². The van der Waals surface area contributed by atoms with E-state index in [1.807, 2.05) is 66.7 Å². The summed E-state index contributed by atoms with van der Waals surface area (Å²) < 4.78 is 2.21. The quantitative estimate of drug-likeness (QED) is 0.145. The van der Waals surface area contributed by atoms with Gasteiger partial charge >= 0.3 is 0 Å². The Labute approximate surface area is 218 Å². The number of hydrogen-bond acceptors (Lipinski definition) is 5. The van der Waals surface area contributed by atoms with Gasteiger partial charge in [0.15, 0.2) is 5.34 Å². The lowest BCUT2D eigenvalue weighted by Gasteiger charge is -2.20. The Morgan fingerprint density at radius 2 is 1.53 bits per heavy atom. The van der Waals surface area contributed by atoms with E-state index in [0.717, 1.165) is 44.8 Å². The molecule has 9 heteroatoms. The van der Waals surface area contributed by atoms with Gasteiger partial charge in [-0.25, -0.2) is 4.98 Å². The lowest BCUT2D eigenvalue weighted by Crippen LogP contribution is -2.16. The minimum Gasteiger partial charge on any atom is -0.379 e. The van der Waals surface area contributed by atoms with Crippen LogP contribution in [0.5, 0.6) is 0 Å². The molecule has 2 N–H and O–H groups in total. The van der Waals surface area contributed by atoms with Crippen molar-refractivity contribution >= 4 is 45.6 Å². The van der Waals surface area contributed by atoms with E-state index >= 15 is 0 Å². The molecule has 0 unspecified atom stereocenters. The second-order valence-corrected chi connectivity index (χ2v) is 9.08. The third-order valence-corrected chi connectivity index (χ3v) is 5.81. The molecule has 1 aliphatic heterocycles. The second-order valence-electron chi connectivity index (χ2n) is 8.21. The van der Waals surface area contributed by atoms with Gasteiger partial charge in [0.1, 0.15) is 0 Å². The molecule has 3 aromatic rings. The average Bonchev–Trinajstić information content (AvgIpc) is 2.85. The van der Waals surface area contributed by atoms with Crippen LogP contribution >= 0.6 is 23.2 Å². The van der Waals surface area contributed by atoms with Crippen LogP contribution in [-0.2, 0) is 0 Å². The Morgan fingerprint density at radius 3 is 2.17 bits per heavy atom. The Bertz CT molecular complexity index is 1530. The molecule has 0 amide bonds. The number of halogens is 2. The fourth-order valence-electron chi connectivity index (χ4n) is 3.88. The molecule has 0 aromatic heterocycles. The summed E-state index contributed by atoms with van der Waals surface area (Å²) in [5, 5.41) is 13.6. The van der Waals surface area contributed by atoms with E-state index in [9.17, 15) is 0 Å². The molecule has 0 atom stereocenters. The van der Waals surface area contributed by atoms with E-state index < -0.39 is 0 Å². The third kappa shape index (κ3) is 5.64. The molecular weight excluding hydrogens is 497 g/mol. The third-order valence-electron chi connectivity index (χ3n) is 5.30. The second kappa shape index (κ2) is 11.2. The lowest BCUT2D eigenvalue weighted by molar-refractivity contribution is 0.312. The molecule has 0 saturated carbocycles. The van der Waals surface area contributed by atoms with Gasteiger partial charge in [-0.15, -0.1) is 4.91 Å². The molecule has 0 fully saturated rings. The van der Waals surface area contributed by atoms with E-state index in [-0.39, 0.29) is 6.04 Å². The zero-order valence-corrected chi connectivity index (χ0v) is 21.1. The molecule has 2 aliphatic rings. The topological polar surface area (TPSA) is 91.9 Å². The largest absolute Gasteiger partial charge is 0.379 e. The maximum Gasteiger partial charge on any atom is 0.152 e. The van der Waals surface area contributed by atoms with Gasteiger partial charge in [0, 0.05) is 27.5 Å². The summed E-state index contributed by atoms with van der Waals surface area (Å²) in [6, 6.07) is 27.9. The molecule has 0 bridgehead atoms. The van der Waals surface area contributed by atoms with Gasteiger partial charge in [0.05, 0.1) is 33.5 Å². The van der Waals surface area contributed by atoms with Crippen molar-refractivity contribution in [2.75, 3.05) is 5.32 Å². The van der Waals surface area contributed by atoms with Gasteiger partial charge in [-0.05, 0) is 86.6 Å². The van der Waals surface area contributed by atoms with Crippen molar-refractivity contribution in [3.05, 3.63) is 105 Å². The van der Waals surface area contributed by atoms with E-state index in [0.29, 0.717) is 10.0 Å². The smallest absolute Gasteiger partial charge is 0.152 e. The maximum atomic E-state index is 8.11. The van der Waals surface area contributed by atoms with Crippen LogP contribution in [0.4, 0.5) is 11.4 Å². The van der Waals surface area contributed by atoms with Gasteiger partial charge in [-0.1, -0.05) is 35.3 Å². The molecule has 0 saturated heterocycles. The number of para-hydroxylation sites is 2. The van der Waals surface area contributed by atoms with Crippen molar-refractivity contribution in [2.24, 2.45) is 10.3 Å². The van der Waals surface area contributed by atoms with Gasteiger partial charge in [0.2, 0.25) is 0 Å². The van der Waals surface area contributed by atoms with Crippen molar-refractivity contribution < 1.29 is 5.21 Å². The van der Waals surface area contributed by atoms with Crippen molar-refractivity contribution in [2.45, 2.75) is 19.9 Å². The molecule has 7 nitrogen and oxygen atoms in total.